The van der Waals surface area contributed by atoms with Gasteiger partial charge in [-0.2, -0.15) is 0 Å². The molecule has 0 spiro atoms. The van der Waals surface area contributed by atoms with Crippen molar-refractivity contribution in [2.45, 2.75) is 48.7 Å². The Kier molecular flexibility index (Phi) is 5.94. The highest BCUT2D eigenvalue weighted by atomic mass is 32.2. The molecule has 184 valence electrons. The Morgan fingerprint density at radius 2 is 1.71 bits per heavy atom. The smallest absolute Gasteiger partial charge is 0.406 e. The van der Waals surface area contributed by atoms with Crippen LogP contribution in [-0.2, 0) is 10.0 Å². The van der Waals surface area contributed by atoms with E-state index in [0.717, 1.165) is 46.1 Å². The summed E-state index contributed by atoms with van der Waals surface area (Å²) in [6, 6.07) is 12.5. The molecule has 35 heavy (non-hydrogen) atoms. The second-order valence-electron chi connectivity index (χ2n) is 8.52. The number of para-hydroxylation sites is 1. The van der Waals surface area contributed by atoms with Crippen molar-refractivity contribution in [1.82, 2.24) is 14.3 Å². The average Bonchev–Trinajstić information content (AvgIpc) is 3.14. The summed E-state index contributed by atoms with van der Waals surface area (Å²) in [5.74, 6) is -0.519. The first-order valence-electron chi connectivity index (χ1n) is 11.0. The number of aliphatic hydroxyl groups excluding tert-OH is 1. The molecule has 0 saturated heterocycles. The molecule has 1 saturated carbocycles. The molecule has 1 aliphatic carbocycles. The Hall–Kier alpha value is -3.15. The summed E-state index contributed by atoms with van der Waals surface area (Å²) in [6.07, 6.45) is -0.735. The van der Waals surface area contributed by atoms with Gasteiger partial charge in [0.25, 0.3) is 0 Å². The maximum absolute atomic E-state index is 13.0. The summed E-state index contributed by atoms with van der Waals surface area (Å²) in [4.78, 5) is 4.02. The lowest BCUT2D eigenvalue weighted by Crippen LogP contribution is -2.49. The zero-order chi connectivity index (χ0) is 24.8. The van der Waals surface area contributed by atoms with Crippen molar-refractivity contribution in [3.05, 3.63) is 67.0 Å². The number of pyridine rings is 1. The first kappa shape index (κ1) is 23.6. The highest BCUT2D eigenvalue weighted by Gasteiger charge is 2.37. The quantitative estimate of drug-likeness (QED) is 0.416. The van der Waals surface area contributed by atoms with Crippen LogP contribution in [-0.4, -0.2) is 41.6 Å². The van der Waals surface area contributed by atoms with Gasteiger partial charge in [-0.25, -0.2) is 13.1 Å². The number of fused-ring (bicyclic) bond motifs is 3. The minimum Gasteiger partial charge on any atom is -0.406 e. The van der Waals surface area contributed by atoms with Crippen molar-refractivity contribution in [3.8, 4) is 5.75 Å². The molecule has 5 rings (SSSR count). The van der Waals surface area contributed by atoms with Gasteiger partial charge in [0.05, 0.1) is 34.8 Å². The van der Waals surface area contributed by atoms with Gasteiger partial charge in [-0.3, -0.25) is 4.98 Å². The molecule has 1 aliphatic rings. The van der Waals surface area contributed by atoms with Gasteiger partial charge >= 0.3 is 6.36 Å². The van der Waals surface area contributed by atoms with Gasteiger partial charge < -0.3 is 14.4 Å². The second-order valence-corrected chi connectivity index (χ2v) is 10.2. The van der Waals surface area contributed by atoms with Crippen LogP contribution in [0.4, 0.5) is 13.2 Å². The van der Waals surface area contributed by atoms with Crippen LogP contribution in [0, 0.1) is 0 Å². The molecule has 2 aromatic heterocycles. The van der Waals surface area contributed by atoms with Gasteiger partial charge in [0.2, 0.25) is 10.0 Å². The van der Waals surface area contributed by atoms with Gasteiger partial charge in [0, 0.05) is 22.5 Å². The maximum Gasteiger partial charge on any atom is 0.573 e. The van der Waals surface area contributed by atoms with E-state index in [1.165, 1.54) is 0 Å². The number of halogens is 3. The lowest BCUT2D eigenvalue weighted by Gasteiger charge is -2.36. The number of aromatic nitrogens is 2. The standard InChI is InChI=1S/C24H22F3N3O4S/c25-24(26,27)34-15-8-10-16(11-9-15)35(32,33)29-19-5-3-7-21(23(19)31)30-20-6-2-1-4-17(20)18-12-13-28-14-22(18)30/h1-2,4,6,8-14,19,21,23,29,31H,3,5,7H2/t19?,21?,23-/m1/s1. The number of hydrogen-bond donors (Lipinski definition) is 2. The number of hydrogen-bond acceptors (Lipinski definition) is 5. The topological polar surface area (TPSA) is 93.5 Å². The van der Waals surface area contributed by atoms with Crippen LogP contribution in [0.25, 0.3) is 21.8 Å². The number of ether oxygens (including phenoxy) is 1. The van der Waals surface area contributed by atoms with E-state index in [1.54, 1.807) is 12.4 Å². The number of nitrogens with one attached hydrogen (secondary N) is 1. The molecule has 1 fully saturated rings. The number of aliphatic hydroxyl groups is 1. The van der Waals surface area contributed by atoms with Crippen LogP contribution in [0.5, 0.6) is 5.75 Å². The number of sulfonamides is 1. The fourth-order valence-corrected chi connectivity index (χ4v) is 6.15. The Labute approximate surface area is 199 Å². The molecule has 2 unspecified atom stereocenters. The van der Waals surface area contributed by atoms with Crippen LogP contribution in [0.2, 0.25) is 0 Å². The van der Waals surface area contributed by atoms with Gasteiger partial charge in [-0.05, 0) is 55.7 Å². The molecule has 0 bridgehead atoms. The zero-order valence-electron chi connectivity index (χ0n) is 18.3. The van der Waals surface area contributed by atoms with Crippen molar-refractivity contribution in [2.24, 2.45) is 0 Å². The van der Waals surface area contributed by atoms with Crippen molar-refractivity contribution >= 4 is 31.8 Å². The van der Waals surface area contributed by atoms with E-state index in [-0.39, 0.29) is 4.90 Å². The maximum atomic E-state index is 13.0. The highest BCUT2D eigenvalue weighted by Crippen LogP contribution is 2.38. The fraction of sp³-hybridized carbons (Fsp3) is 0.292. The van der Waals surface area contributed by atoms with Crippen LogP contribution in [0.3, 0.4) is 0 Å². The first-order chi connectivity index (χ1) is 16.6. The Balaban J connectivity index is 1.42. The number of benzene rings is 2. The molecule has 0 amide bonds. The molecule has 4 aromatic rings. The largest absolute Gasteiger partial charge is 0.573 e. The summed E-state index contributed by atoms with van der Waals surface area (Å²) < 4.78 is 71.5. The molecular weight excluding hydrogens is 483 g/mol. The molecule has 0 radical (unpaired) electrons. The van der Waals surface area contributed by atoms with E-state index in [4.69, 9.17) is 0 Å². The van der Waals surface area contributed by atoms with E-state index in [2.05, 4.69) is 14.4 Å². The monoisotopic (exact) mass is 505 g/mol. The van der Waals surface area contributed by atoms with E-state index in [9.17, 15) is 26.7 Å². The summed E-state index contributed by atoms with van der Waals surface area (Å²) in [5.41, 5.74) is 1.77. The molecule has 7 nitrogen and oxygen atoms in total. The number of alkyl halides is 3. The fourth-order valence-electron chi connectivity index (χ4n) is 4.86. The zero-order valence-corrected chi connectivity index (χ0v) is 19.1. The first-order valence-corrected chi connectivity index (χ1v) is 12.5. The predicted molar refractivity (Wildman–Crippen MR) is 123 cm³/mol. The number of nitrogens with zero attached hydrogens (tertiary/aromatic N) is 2. The molecule has 2 heterocycles. The summed E-state index contributed by atoms with van der Waals surface area (Å²) in [6.45, 7) is 0. The molecular formula is C24H22F3N3O4S. The third-order valence-electron chi connectivity index (χ3n) is 6.34. The third-order valence-corrected chi connectivity index (χ3v) is 7.85. The van der Waals surface area contributed by atoms with Crippen molar-refractivity contribution < 1.29 is 31.4 Å². The minimum atomic E-state index is -4.87. The van der Waals surface area contributed by atoms with Crippen molar-refractivity contribution in [1.29, 1.82) is 0 Å². The van der Waals surface area contributed by atoms with Gasteiger partial charge in [0.1, 0.15) is 5.75 Å². The van der Waals surface area contributed by atoms with Crippen LogP contribution in [0.1, 0.15) is 25.3 Å². The summed E-state index contributed by atoms with van der Waals surface area (Å²) in [5, 5.41) is 13.3. The van der Waals surface area contributed by atoms with Gasteiger partial charge in [-0.15, -0.1) is 13.2 Å². The van der Waals surface area contributed by atoms with Crippen molar-refractivity contribution in [2.75, 3.05) is 0 Å². The van der Waals surface area contributed by atoms with Crippen LogP contribution < -0.4 is 9.46 Å². The normalized spacial score (nSPS) is 21.4. The van der Waals surface area contributed by atoms with E-state index >= 15 is 0 Å². The predicted octanol–water partition coefficient (Wildman–Crippen LogP) is 4.52. The second kappa shape index (κ2) is 8.81. The molecule has 2 aromatic carbocycles. The summed E-state index contributed by atoms with van der Waals surface area (Å²) >= 11 is 0. The van der Waals surface area contributed by atoms with E-state index in [0.29, 0.717) is 19.3 Å². The minimum absolute atomic E-state index is 0.220. The Morgan fingerprint density at radius 3 is 2.46 bits per heavy atom. The third kappa shape index (κ3) is 4.58. The molecule has 3 atom stereocenters. The molecule has 11 heteroatoms. The SMILES string of the molecule is O=S(=O)(NC1CCCC(n2c3ccccc3c3ccncc32)[C@@H]1O)c1ccc(OC(F)(F)F)cc1. The lowest BCUT2D eigenvalue weighted by molar-refractivity contribution is -0.274. The summed E-state index contributed by atoms with van der Waals surface area (Å²) in [7, 11) is -4.10. The van der Waals surface area contributed by atoms with Crippen LogP contribution in [0.15, 0.2) is 71.9 Å². The van der Waals surface area contributed by atoms with E-state index < -0.39 is 40.3 Å². The van der Waals surface area contributed by atoms with Crippen molar-refractivity contribution in [3.63, 3.8) is 0 Å². The average molecular weight is 506 g/mol. The van der Waals surface area contributed by atoms with Crippen LogP contribution >= 0.6 is 0 Å². The highest BCUT2D eigenvalue weighted by molar-refractivity contribution is 7.89. The molecule has 0 aliphatic heterocycles. The van der Waals surface area contributed by atoms with Gasteiger partial charge in [0.15, 0.2) is 0 Å². The Bertz CT molecular complexity index is 1420. The Morgan fingerprint density at radius 1 is 1.00 bits per heavy atom. The lowest BCUT2D eigenvalue weighted by atomic mass is 9.88. The van der Waals surface area contributed by atoms with Gasteiger partial charge in [-0.1, -0.05) is 18.2 Å². The molecule has 2 N–H and O–H groups in total. The van der Waals surface area contributed by atoms with E-state index in [1.807, 2.05) is 34.9 Å². The number of rotatable bonds is 5.